The number of sulfonamides is 1. The highest BCUT2D eigenvalue weighted by atomic mass is 127. The van der Waals surface area contributed by atoms with Gasteiger partial charge in [-0.3, -0.25) is 0 Å². The van der Waals surface area contributed by atoms with Crippen molar-refractivity contribution in [2.24, 2.45) is 0 Å². The second-order valence-electron chi connectivity index (χ2n) is 5.70. The maximum Gasteiger partial charge on any atom is 0.409 e. The summed E-state index contributed by atoms with van der Waals surface area (Å²) in [5.74, 6) is 0. The summed E-state index contributed by atoms with van der Waals surface area (Å²) in [5.41, 5.74) is 1.07. The van der Waals surface area contributed by atoms with Gasteiger partial charge in [-0.1, -0.05) is 12.1 Å². The van der Waals surface area contributed by atoms with Crippen LogP contribution in [-0.4, -0.2) is 51.4 Å². The van der Waals surface area contributed by atoms with E-state index < -0.39 is 16.1 Å². The molecule has 0 bridgehead atoms. The van der Waals surface area contributed by atoms with Crippen LogP contribution in [0.3, 0.4) is 0 Å². The quantitative estimate of drug-likeness (QED) is 0.710. The van der Waals surface area contributed by atoms with Gasteiger partial charge in [0, 0.05) is 16.2 Å². The van der Waals surface area contributed by atoms with Crippen LogP contribution in [0.15, 0.2) is 24.3 Å². The number of methoxy groups -OCH3 is 1. The van der Waals surface area contributed by atoms with Crippen molar-refractivity contribution < 1.29 is 17.9 Å². The Morgan fingerprint density at radius 3 is 2.83 bits per heavy atom. The largest absolute Gasteiger partial charge is 0.453 e. The van der Waals surface area contributed by atoms with Crippen molar-refractivity contribution in [1.82, 2.24) is 9.62 Å². The fourth-order valence-electron chi connectivity index (χ4n) is 2.97. The molecule has 2 atom stereocenters. The van der Waals surface area contributed by atoms with E-state index in [0.717, 1.165) is 21.8 Å². The van der Waals surface area contributed by atoms with Gasteiger partial charge in [-0.15, -0.1) is 0 Å². The van der Waals surface area contributed by atoms with Crippen molar-refractivity contribution >= 4 is 38.7 Å². The minimum Gasteiger partial charge on any atom is -0.453 e. The number of carbonyl (C=O) groups excluding carboxylic acids is 1. The molecule has 0 radical (unpaired) electrons. The molecule has 0 spiro atoms. The Bertz CT molecular complexity index is 665. The molecule has 1 aromatic rings. The molecular formula is C15H21IN2O4S. The third kappa shape index (κ3) is 5.32. The molecule has 1 saturated heterocycles. The SMILES string of the molecule is COC(=O)N1CCCC(NS(C)(=O)=O)C1Cc1cccc(I)c1. The van der Waals surface area contributed by atoms with E-state index in [1.807, 2.05) is 24.3 Å². The Kier molecular flexibility index (Phi) is 6.26. The molecular weight excluding hydrogens is 431 g/mol. The molecule has 1 aromatic carbocycles. The molecule has 23 heavy (non-hydrogen) atoms. The Morgan fingerprint density at radius 1 is 1.48 bits per heavy atom. The van der Waals surface area contributed by atoms with E-state index in [-0.39, 0.29) is 12.1 Å². The number of ether oxygens (including phenoxy) is 1. The summed E-state index contributed by atoms with van der Waals surface area (Å²) in [6.45, 7) is 0.573. The number of benzene rings is 1. The normalized spacial score (nSPS) is 22.0. The van der Waals surface area contributed by atoms with E-state index in [9.17, 15) is 13.2 Å². The van der Waals surface area contributed by atoms with Gasteiger partial charge in [-0.05, 0) is 59.5 Å². The van der Waals surface area contributed by atoms with Crippen LogP contribution in [0, 0.1) is 3.57 Å². The lowest BCUT2D eigenvalue weighted by molar-refractivity contribution is 0.0792. The lowest BCUT2D eigenvalue weighted by Crippen LogP contribution is -2.57. The zero-order valence-electron chi connectivity index (χ0n) is 13.2. The van der Waals surface area contributed by atoms with E-state index >= 15 is 0 Å². The summed E-state index contributed by atoms with van der Waals surface area (Å²) in [6, 6.07) is 7.42. The van der Waals surface area contributed by atoms with Crippen LogP contribution in [0.25, 0.3) is 0 Å². The zero-order chi connectivity index (χ0) is 17.0. The van der Waals surface area contributed by atoms with Gasteiger partial charge in [0.15, 0.2) is 0 Å². The van der Waals surface area contributed by atoms with Crippen molar-refractivity contribution in [3.8, 4) is 0 Å². The topological polar surface area (TPSA) is 75.7 Å². The van der Waals surface area contributed by atoms with Crippen LogP contribution < -0.4 is 4.72 Å². The number of halogens is 1. The predicted octanol–water partition coefficient (Wildman–Crippen LogP) is 1.98. The van der Waals surface area contributed by atoms with E-state index in [2.05, 4.69) is 27.3 Å². The number of nitrogens with zero attached hydrogens (tertiary/aromatic N) is 1. The van der Waals surface area contributed by atoms with E-state index in [4.69, 9.17) is 4.74 Å². The van der Waals surface area contributed by atoms with Gasteiger partial charge < -0.3 is 9.64 Å². The molecule has 128 valence electrons. The van der Waals surface area contributed by atoms with Gasteiger partial charge in [0.1, 0.15) is 0 Å². The van der Waals surface area contributed by atoms with Crippen molar-refractivity contribution in [3.63, 3.8) is 0 Å². The molecule has 1 aliphatic heterocycles. The third-order valence-electron chi connectivity index (χ3n) is 3.89. The molecule has 1 N–H and O–H groups in total. The van der Waals surface area contributed by atoms with Gasteiger partial charge >= 0.3 is 6.09 Å². The monoisotopic (exact) mass is 452 g/mol. The number of nitrogens with one attached hydrogen (secondary N) is 1. The summed E-state index contributed by atoms with van der Waals surface area (Å²) in [6.07, 6.45) is 2.76. The highest BCUT2D eigenvalue weighted by Crippen LogP contribution is 2.23. The molecule has 0 aliphatic carbocycles. The summed E-state index contributed by atoms with van der Waals surface area (Å²) in [4.78, 5) is 13.7. The second kappa shape index (κ2) is 7.80. The fourth-order valence-corrected chi connectivity index (χ4v) is 4.40. The van der Waals surface area contributed by atoms with Gasteiger partial charge in [0.2, 0.25) is 10.0 Å². The second-order valence-corrected chi connectivity index (χ2v) is 8.73. The minimum atomic E-state index is -3.34. The fraction of sp³-hybridized carbons (Fsp3) is 0.533. The predicted molar refractivity (Wildman–Crippen MR) is 96.8 cm³/mol. The molecule has 2 unspecified atom stereocenters. The molecule has 1 fully saturated rings. The first-order valence-corrected chi connectivity index (χ1v) is 10.3. The molecule has 1 aliphatic rings. The van der Waals surface area contributed by atoms with Crippen LogP contribution in [0.1, 0.15) is 18.4 Å². The van der Waals surface area contributed by atoms with Crippen molar-refractivity contribution in [2.75, 3.05) is 19.9 Å². The maximum absolute atomic E-state index is 12.1. The van der Waals surface area contributed by atoms with Crippen LogP contribution in [0.5, 0.6) is 0 Å². The van der Waals surface area contributed by atoms with Gasteiger partial charge in [0.25, 0.3) is 0 Å². The number of hydrogen-bond acceptors (Lipinski definition) is 4. The van der Waals surface area contributed by atoms with E-state index in [1.165, 1.54) is 7.11 Å². The minimum absolute atomic E-state index is 0.260. The molecule has 1 amide bonds. The van der Waals surface area contributed by atoms with Crippen LogP contribution >= 0.6 is 22.6 Å². The molecule has 0 saturated carbocycles. The van der Waals surface area contributed by atoms with Crippen LogP contribution in [0.2, 0.25) is 0 Å². The summed E-state index contributed by atoms with van der Waals surface area (Å²) in [5, 5.41) is 0. The van der Waals surface area contributed by atoms with Crippen LogP contribution in [-0.2, 0) is 21.2 Å². The first-order chi connectivity index (χ1) is 10.8. The Labute approximate surface area is 150 Å². The van der Waals surface area contributed by atoms with E-state index in [0.29, 0.717) is 19.4 Å². The summed E-state index contributed by atoms with van der Waals surface area (Å²) >= 11 is 2.24. The molecule has 8 heteroatoms. The molecule has 6 nitrogen and oxygen atoms in total. The Morgan fingerprint density at radius 2 is 2.22 bits per heavy atom. The Hall–Kier alpha value is -0.870. The number of piperidine rings is 1. The molecule has 0 aromatic heterocycles. The summed E-state index contributed by atoms with van der Waals surface area (Å²) < 4.78 is 31.9. The lowest BCUT2D eigenvalue weighted by atomic mass is 9.92. The highest BCUT2D eigenvalue weighted by molar-refractivity contribution is 14.1. The average molecular weight is 452 g/mol. The number of rotatable bonds is 4. The van der Waals surface area contributed by atoms with Crippen LogP contribution in [0.4, 0.5) is 4.79 Å². The number of amides is 1. The zero-order valence-corrected chi connectivity index (χ0v) is 16.1. The molecule has 2 rings (SSSR count). The Balaban J connectivity index is 2.28. The van der Waals surface area contributed by atoms with Crippen molar-refractivity contribution in [2.45, 2.75) is 31.3 Å². The van der Waals surface area contributed by atoms with E-state index in [1.54, 1.807) is 4.90 Å². The standard InChI is InChI=1S/C15H21IN2O4S/c1-22-15(19)18-8-4-7-13(17-23(2,20)21)14(18)10-11-5-3-6-12(16)9-11/h3,5-6,9,13-14,17H,4,7-8,10H2,1-2H3. The highest BCUT2D eigenvalue weighted by Gasteiger charge is 2.36. The lowest BCUT2D eigenvalue weighted by Gasteiger charge is -2.40. The summed E-state index contributed by atoms with van der Waals surface area (Å²) in [7, 11) is -2.00. The number of carbonyl (C=O) groups is 1. The first-order valence-electron chi connectivity index (χ1n) is 7.36. The smallest absolute Gasteiger partial charge is 0.409 e. The maximum atomic E-state index is 12.1. The van der Waals surface area contributed by atoms with Gasteiger partial charge in [0.05, 0.1) is 19.4 Å². The first kappa shape index (κ1) is 18.5. The molecule has 1 heterocycles. The number of likely N-dealkylation sites (tertiary alicyclic amines) is 1. The van der Waals surface area contributed by atoms with Crippen molar-refractivity contribution in [3.05, 3.63) is 33.4 Å². The van der Waals surface area contributed by atoms with Gasteiger partial charge in [-0.25, -0.2) is 17.9 Å². The number of hydrogen-bond donors (Lipinski definition) is 1. The van der Waals surface area contributed by atoms with Gasteiger partial charge in [-0.2, -0.15) is 0 Å². The average Bonchev–Trinajstić information content (AvgIpc) is 2.47. The third-order valence-corrected chi connectivity index (χ3v) is 5.29. The van der Waals surface area contributed by atoms with Crippen molar-refractivity contribution in [1.29, 1.82) is 0 Å².